The van der Waals surface area contributed by atoms with Gasteiger partial charge in [-0.1, -0.05) is 6.07 Å². The van der Waals surface area contributed by atoms with E-state index in [1.54, 1.807) is 24.5 Å². The van der Waals surface area contributed by atoms with Gasteiger partial charge in [-0.15, -0.1) is 0 Å². The number of benzene rings is 1. The van der Waals surface area contributed by atoms with E-state index in [-0.39, 0.29) is 5.75 Å². The average Bonchev–Trinajstić information content (AvgIpc) is 2.75. The van der Waals surface area contributed by atoms with Gasteiger partial charge in [0, 0.05) is 11.8 Å². The lowest BCUT2D eigenvalue weighted by molar-refractivity contribution is 0.318. The quantitative estimate of drug-likeness (QED) is 0.805. The molecule has 0 spiro atoms. The molecule has 4 nitrogen and oxygen atoms in total. The van der Waals surface area contributed by atoms with Gasteiger partial charge in [0.15, 0.2) is 11.5 Å². The van der Waals surface area contributed by atoms with Gasteiger partial charge in [-0.2, -0.15) is 5.10 Å². The summed E-state index contributed by atoms with van der Waals surface area (Å²) in [7, 11) is 0. The third kappa shape index (κ3) is 1.93. The third-order valence-corrected chi connectivity index (χ3v) is 2.09. The number of nitrogens with zero attached hydrogens (tertiary/aromatic N) is 1. The summed E-state index contributed by atoms with van der Waals surface area (Å²) < 4.78 is 5.29. The second kappa shape index (κ2) is 4.04. The standard InChI is InChI=1S/C11H12N2O2/c1-2-15-11-5-8(3-4-10(11)14)9-6-12-13-7-9/h3-7,14H,2H2,1H3,(H,12,13). The number of aromatic nitrogens is 2. The lowest BCUT2D eigenvalue weighted by atomic mass is 10.1. The Labute approximate surface area is 87.5 Å². The first-order valence-electron chi connectivity index (χ1n) is 4.76. The Morgan fingerprint density at radius 3 is 2.93 bits per heavy atom. The van der Waals surface area contributed by atoms with E-state index in [9.17, 15) is 5.11 Å². The van der Waals surface area contributed by atoms with Crippen molar-refractivity contribution < 1.29 is 9.84 Å². The molecular formula is C11H12N2O2. The molecule has 0 unspecified atom stereocenters. The smallest absolute Gasteiger partial charge is 0.161 e. The van der Waals surface area contributed by atoms with E-state index in [2.05, 4.69) is 10.2 Å². The van der Waals surface area contributed by atoms with Crippen molar-refractivity contribution in [3.8, 4) is 22.6 Å². The van der Waals surface area contributed by atoms with Crippen molar-refractivity contribution >= 4 is 0 Å². The van der Waals surface area contributed by atoms with Crippen molar-refractivity contribution in [2.75, 3.05) is 6.61 Å². The van der Waals surface area contributed by atoms with Gasteiger partial charge in [-0.25, -0.2) is 0 Å². The Balaban J connectivity index is 2.38. The minimum Gasteiger partial charge on any atom is -0.504 e. The second-order valence-corrected chi connectivity index (χ2v) is 3.10. The Bertz CT molecular complexity index is 438. The largest absolute Gasteiger partial charge is 0.504 e. The molecule has 0 amide bonds. The molecule has 0 bridgehead atoms. The fraction of sp³-hybridized carbons (Fsp3) is 0.182. The van der Waals surface area contributed by atoms with E-state index >= 15 is 0 Å². The monoisotopic (exact) mass is 204 g/mol. The predicted octanol–water partition coefficient (Wildman–Crippen LogP) is 2.18. The van der Waals surface area contributed by atoms with Crippen molar-refractivity contribution in [3.63, 3.8) is 0 Å². The molecule has 1 aromatic heterocycles. The highest BCUT2D eigenvalue weighted by Gasteiger charge is 2.05. The molecule has 0 radical (unpaired) electrons. The molecule has 1 heterocycles. The number of phenols is 1. The molecule has 2 rings (SSSR count). The molecule has 0 aliphatic carbocycles. The molecule has 0 saturated heterocycles. The van der Waals surface area contributed by atoms with Crippen LogP contribution in [0.3, 0.4) is 0 Å². The summed E-state index contributed by atoms with van der Waals surface area (Å²) in [4.78, 5) is 0. The van der Waals surface area contributed by atoms with Crippen LogP contribution in [-0.2, 0) is 0 Å². The lowest BCUT2D eigenvalue weighted by Crippen LogP contribution is -1.91. The van der Waals surface area contributed by atoms with Crippen LogP contribution in [0.2, 0.25) is 0 Å². The number of aromatic hydroxyl groups is 1. The summed E-state index contributed by atoms with van der Waals surface area (Å²) in [5.74, 6) is 0.653. The summed E-state index contributed by atoms with van der Waals surface area (Å²) in [6.45, 7) is 2.41. The highest BCUT2D eigenvalue weighted by molar-refractivity contribution is 5.65. The number of hydrogen-bond acceptors (Lipinski definition) is 3. The van der Waals surface area contributed by atoms with Crippen molar-refractivity contribution in [1.29, 1.82) is 0 Å². The van der Waals surface area contributed by atoms with Crippen LogP contribution < -0.4 is 4.74 Å². The number of hydrogen-bond donors (Lipinski definition) is 2. The predicted molar refractivity (Wildman–Crippen MR) is 56.9 cm³/mol. The lowest BCUT2D eigenvalue weighted by Gasteiger charge is -2.06. The van der Waals surface area contributed by atoms with E-state index < -0.39 is 0 Å². The molecule has 1 aromatic carbocycles. The van der Waals surface area contributed by atoms with Crippen molar-refractivity contribution in [2.24, 2.45) is 0 Å². The number of aromatic amines is 1. The van der Waals surface area contributed by atoms with Crippen molar-refractivity contribution in [1.82, 2.24) is 10.2 Å². The zero-order chi connectivity index (χ0) is 10.7. The van der Waals surface area contributed by atoms with Gasteiger partial charge in [-0.3, -0.25) is 5.10 Å². The van der Waals surface area contributed by atoms with Gasteiger partial charge in [0.05, 0.1) is 12.8 Å². The fourth-order valence-corrected chi connectivity index (χ4v) is 1.37. The maximum absolute atomic E-state index is 9.52. The normalized spacial score (nSPS) is 10.2. The SMILES string of the molecule is CCOc1cc(-c2cn[nH]c2)ccc1O. The number of rotatable bonds is 3. The maximum Gasteiger partial charge on any atom is 0.161 e. The highest BCUT2D eigenvalue weighted by Crippen LogP contribution is 2.31. The summed E-state index contributed by atoms with van der Waals surface area (Å²) in [5.41, 5.74) is 1.93. The topological polar surface area (TPSA) is 58.1 Å². The van der Waals surface area contributed by atoms with Crippen LogP contribution in [-0.4, -0.2) is 21.9 Å². The van der Waals surface area contributed by atoms with Crippen LogP contribution in [0.25, 0.3) is 11.1 Å². The van der Waals surface area contributed by atoms with E-state index in [4.69, 9.17) is 4.74 Å². The molecular weight excluding hydrogens is 192 g/mol. The zero-order valence-corrected chi connectivity index (χ0v) is 8.40. The summed E-state index contributed by atoms with van der Waals surface area (Å²) in [5, 5.41) is 16.1. The molecule has 0 atom stereocenters. The molecule has 2 aromatic rings. The minimum atomic E-state index is 0.157. The Hall–Kier alpha value is -1.97. The first-order chi connectivity index (χ1) is 7.31. The molecule has 0 aliphatic rings. The molecule has 78 valence electrons. The van der Waals surface area contributed by atoms with Crippen LogP contribution in [0.15, 0.2) is 30.6 Å². The number of phenolic OH excluding ortho intramolecular Hbond substituents is 1. The van der Waals surface area contributed by atoms with Gasteiger partial charge < -0.3 is 9.84 Å². The van der Waals surface area contributed by atoms with Crippen LogP contribution in [0.5, 0.6) is 11.5 Å². The Kier molecular flexibility index (Phi) is 2.58. The van der Waals surface area contributed by atoms with Gasteiger partial charge in [-0.05, 0) is 24.6 Å². The van der Waals surface area contributed by atoms with E-state index in [1.165, 1.54) is 0 Å². The van der Waals surface area contributed by atoms with Gasteiger partial charge in [0.2, 0.25) is 0 Å². The number of ether oxygens (including phenoxy) is 1. The average molecular weight is 204 g/mol. The van der Waals surface area contributed by atoms with Crippen LogP contribution in [0, 0.1) is 0 Å². The van der Waals surface area contributed by atoms with Crippen LogP contribution >= 0.6 is 0 Å². The Morgan fingerprint density at radius 2 is 2.27 bits per heavy atom. The first-order valence-corrected chi connectivity index (χ1v) is 4.76. The third-order valence-electron chi connectivity index (χ3n) is 2.09. The van der Waals surface area contributed by atoms with E-state index in [1.807, 2.05) is 13.0 Å². The minimum absolute atomic E-state index is 0.157. The molecule has 4 heteroatoms. The van der Waals surface area contributed by atoms with Crippen molar-refractivity contribution in [3.05, 3.63) is 30.6 Å². The zero-order valence-electron chi connectivity index (χ0n) is 8.40. The van der Waals surface area contributed by atoms with Crippen molar-refractivity contribution in [2.45, 2.75) is 6.92 Å². The molecule has 0 aliphatic heterocycles. The van der Waals surface area contributed by atoms with Crippen LogP contribution in [0.1, 0.15) is 6.92 Å². The highest BCUT2D eigenvalue weighted by atomic mass is 16.5. The molecule has 2 N–H and O–H groups in total. The summed E-state index contributed by atoms with van der Waals surface area (Å²) in [6, 6.07) is 5.24. The molecule has 0 fully saturated rings. The van der Waals surface area contributed by atoms with E-state index in [0.717, 1.165) is 11.1 Å². The van der Waals surface area contributed by atoms with Gasteiger partial charge in [0.25, 0.3) is 0 Å². The maximum atomic E-state index is 9.52. The van der Waals surface area contributed by atoms with Crippen LogP contribution in [0.4, 0.5) is 0 Å². The summed E-state index contributed by atoms with van der Waals surface area (Å²) >= 11 is 0. The number of H-pyrrole nitrogens is 1. The fourth-order valence-electron chi connectivity index (χ4n) is 1.37. The van der Waals surface area contributed by atoms with E-state index in [0.29, 0.717) is 12.4 Å². The molecule has 15 heavy (non-hydrogen) atoms. The molecule has 0 saturated carbocycles. The van der Waals surface area contributed by atoms with Gasteiger partial charge in [0.1, 0.15) is 0 Å². The first kappa shape index (κ1) is 9.58. The Morgan fingerprint density at radius 1 is 1.40 bits per heavy atom. The summed E-state index contributed by atoms with van der Waals surface area (Å²) in [6.07, 6.45) is 3.52. The van der Waals surface area contributed by atoms with Gasteiger partial charge >= 0.3 is 0 Å². The number of nitrogens with one attached hydrogen (secondary N) is 1. The second-order valence-electron chi connectivity index (χ2n) is 3.10.